The predicted molar refractivity (Wildman–Crippen MR) is 169 cm³/mol. The van der Waals surface area contributed by atoms with Gasteiger partial charge in [0.2, 0.25) is 5.88 Å². The summed E-state index contributed by atoms with van der Waals surface area (Å²) in [4.78, 5) is 39.0. The smallest absolute Gasteiger partial charge is 0.411 e. The Morgan fingerprint density at radius 3 is 2.39 bits per heavy atom. The van der Waals surface area contributed by atoms with Crippen molar-refractivity contribution in [3.8, 4) is 5.88 Å². The van der Waals surface area contributed by atoms with Crippen LogP contribution in [0.25, 0.3) is 0 Å². The molecular formula is C32H35ClFN5O6S. The Labute approximate surface area is 272 Å². The highest BCUT2D eigenvalue weighted by molar-refractivity contribution is 7.93. The molecule has 3 aromatic rings. The van der Waals surface area contributed by atoms with Gasteiger partial charge in [-0.2, -0.15) is 4.31 Å². The number of sulfonamides is 1. The van der Waals surface area contributed by atoms with Gasteiger partial charge in [-0.25, -0.2) is 22.6 Å². The molecule has 2 fully saturated rings. The van der Waals surface area contributed by atoms with E-state index >= 15 is 4.39 Å². The molecule has 1 atom stereocenters. The van der Waals surface area contributed by atoms with Crippen LogP contribution in [0.4, 0.5) is 14.9 Å². The van der Waals surface area contributed by atoms with Gasteiger partial charge >= 0.3 is 6.09 Å². The van der Waals surface area contributed by atoms with E-state index in [1.165, 1.54) is 47.5 Å². The number of hydrogen-bond donors (Lipinski definition) is 0. The van der Waals surface area contributed by atoms with Crippen LogP contribution in [0.5, 0.6) is 5.88 Å². The molecule has 14 heteroatoms. The summed E-state index contributed by atoms with van der Waals surface area (Å²) in [6.45, 7) is 5.73. The van der Waals surface area contributed by atoms with Crippen molar-refractivity contribution >= 4 is 39.3 Å². The average molecular weight is 672 g/mol. The van der Waals surface area contributed by atoms with Gasteiger partial charge in [-0.3, -0.25) is 9.69 Å². The maximum atomic E-state index is 15.3. The van der Waals surface area contributed by atoms with Gasteiger partial charge in [-0.15, -0.1) is 0 Å². The lowest BCUT2D eigenvalue weighted by Gasteiger charge is -2.42. The van der Waals surface area contributed by atoms with Gasteiger partial charge in [-0.1, -0.05) is 29.8 Å². The Hall–Kier alpha value is -3.78. The van der Waals surface area contributed by atoms with Crippen molar-refractivity contribution in [1.82, 2.24) is 19.7 Å². The SMILES string of the molecule is CCOc1ncccc1C1(OC(=O)N2CCN(C3CCN(C)CC3)CC2)C(=O)N(S(=O)(=O)c2ccccc2)c2cc(Cl)c(F)cc21. The number of hydrogen-bond acceptors (Lipinski definition) is 9. The number of carbonyl (C=O) groups excluding carboxylic acids is 2. The standard InChI is InChI=1S/C32H35ClFN5O6S/c1-3-44-29-24(10-7-13-35-29)32(45-31(41)38-18-16-37(17-19-38)22-11-14-36(2)15-12-22)25-20-27(34)26(33)21-28(25)39(30(32)40)46(42,43)23-8-5-4-6-9-23/h4-10,13,20-22H,3,11-12,14-19H2,1-2H3. The molecule has 3 aliphatic rings. The van der Waals surface area contributed by atoms with E-state index in [0.717, 1.165) is 38.1 Å². The first-order chi connectivity index (χ1) is 22.1. The second-order valence-corrected chi connectivity index (χ2v) is 13.8. The zero-order valence-electron chi connectivity index (χ0n) is 25.6. The van der Waals surface area contributed by atoms with Crippen molar-refractivity contribution in [2.24, 2.45) is 0 Å². The molecule has 6 rings (SSSR count). The highest BCUT2D eigenvalue weighted by Gasteiger charge is 2.61. The van der Waals surface area contributed by atoms with Crippen molar-refractivity contribution in [2.45, 2.75) is 36.3 Å². The number of nitrogens with zero attached hydrogens (tertiary/aromatic N) is 5. The number of carbonyl (C=O) groups is 2. The van der Waals surface area contributed by atoms with Crippen molar-refractivity contribution in [3.63, 3.8) is 0 Å². The highest BCUT2D eigenvalue weighted by atomic mass is 35.5. The first-order valence-electron chi connectivity index (χ1n) is 15.2. The molecule has 1 unspecified atom stereocenters. The lowest BCUT2D eigenvalue weighted by atomic mass is 9.87. The molecule has 0 spiro atoms. The average Bonchev–Trinajstić information content (AvgIpc) is 3.29. The number of fused-ring (bicyclic) bond motifs is 1. The third-order valence-electron chi connectivity index (χ3n) is 8.85. The van der Waals surface area contributed by atoms with E-state index in [1.807, 2.05) is 0 Å². The number of ether oxygens (including phenoxy) is 2. The predicted octanol–water partition coefficient (Wildman–Crippen LogP) is 4.10. The summed E-state index contributed by atoms with van der Waals surface area (Å²) in [6.07, 6.45) is 2.64. The number of piperidine rings is 1. The van der Waals surface area contributed by atoms with Crippen molar-refractivity contribution in [2.75, 3.05) is 57.2 Å². The van der Waals surface area contributed by atoms with E-state index in [0.29, 0.717) is 36.5 Å². The first kappa shape index (κ1) is 32.2. The second kappa shape index (κ2) is 12.8. The highest BCUT2D eigenvalue weighted by Crippen LogP contribution is 2.52. The van der Waals surface area contributed by atoms with Crippen LogP contribution in [0.15, 0.2) is 65.7 Å². The van der Waals surface area contributed by atoms with E-state index in [4.69, 9.17) is 21.1 Å². The number of piperazine rings is 1. The molecule has 2 saturated heterocycles. The van der Waals surface area contributed by atoms with Gasteiger partial charge in [0.1, 0.15) is 5.82 Å². The summed E-state index contributed by atoms with van der Waals surface area (Å²) in [5, 5.41) is -0.414. The first-order valence-corrected chi connectivity index (χ1v) is 17.0. The van der Waals surface area contributed by atoms with Gasteiger partial charge in [-0.05, 0) is 76.3 Å². The monoisotopic (exact) mass is 671 g/mol. The van der Waals surface area contributed by atoms with Crippen LogP contribution in [0.1, 0.15) is 30.9 Å². The summed E-state index contributed by atoms with van der Waals surface area (Å²) in [7, 11) is -2.49. The largest absolute Gasteiger partial charge is 0.478 e. The number of anilines is 1. The Bertz CT molecular complexity index is 1730. The molecule has 0 aliphatic carbocycles. The minimum Gasteiger partial charge on any atom is -0.478 e. The van der Waals surface area contributed by atoms with Gasteiger partial charge < -0.3 is 19.3 Å². The van der Waals surface area contributed by atoms with Crippen LogP contribution in [-0.2, 0) is 25.2 Å². The summed E-state index contributed by atoms with van der Waals surface area (Å²) in [6, 6.07) is 12.7. The summed E-state index contributed by atoms with van der Waals surface area (Å²) < 4.78 is 55.9. The Morgan fingerprint density at radius 1 is 1.02 bits per heavy atom. The van der Waals surface area contributed by atoms with Crippen molar-refractivity contribution < 1.29 is 31.9 Å². The van der Waals surface area contributed by atoms with E-state index in [1.54, 1.807) is 13.0 Å². The van der Waals surface area contributed by atoms with Crippen LogP contribution >= 0.6 is 11.6 Å². The molecule has 0 bridgehead atoms. The molecule has 244 valence electrons. The molecule has 3 aliphatic heterocycles. The Morgan fingerprint density at radius 2 is 1.72 bits per heavy atom. The molecule has 11 nitrogen and oxygen atoms in total. The molecule has 2 aromatic carbocycles. The zero-order chi connectivity index (χ0) is 32.6. The third kappa shape index (κ3) is 5.59. The second-order valence-electron chi connectivity index (χ2n) is 11.6. The molecule has 4 heterocycles. The van der Waals surface area contributed by atoms with Crippen molar-refractivity contribution in [3.05, 3.63) is 82.8 Å². The minimum absolute atomic E-state index is 0.0473. The number of halogens is 2. The molecule has 1 aromatic heterocycles. The van der Waals surface area contributed by atoms with Gasteiger partial charge in [0.05, 0.1) is 27.8 Å². The number of pyridine rings is 1. The van der Waals surface area contributed by atoms with Crippen LogP contribution in [0.2, 0.25) is 5.02 Å². The van der Waals surface area contributed by atoms with E-state index in [-0.39, 0.29) is 34.2 Å². The Kier molecular flexibility index (Phi) is 8.94. The van der Waals surface area contributed by atoms with Crippen molar-refractivity contribution in [1.29, 1.82) is 0 Å². The quantitative estimate of drug-likeness (QED) is 0.367. The molecule has 0 N–H and O–H groups in total. The zero-order valence-corrected chi connectivity index (χ0v) is 27.1. The topological polar surface area (TPSA) is 113 Å². The lowest BCUT2D eigenvalue weighted by molar-refractivity contribution is -0.132. The maximum Gasteiger partial charge on any atom is 0.411 e. The fraction of sp³-hybridized carbons (Fsp3) is 0.406. The van der Waals surface area contributed by atoms with Crippen LogP contribution in [0.3, 0.4) is 0 Å². The van der Waals surface area contributed by atoms with Gasteiger partial charge in [0, 0.05) is 44.0 Å². The number of likely N-dealkylation sites (tertiary alicyclic amines) is 1. The molecule has 0 saturated carbocycles. The number of amides is 2. The molecule has 46 heavy (non-hydrogen) atoms. The number of aromatic nitrogens is 1. The number of benzene rings is 2. The maximum absolute atomic E-state index is 15.3. The minimum atomic E-state index is -4.59. The van der Waals surface area contributed by atoms with E-state index in [2.05, 4.69) is 21.8 Å². The van der Waals surface area contributed by atoms with Gasteiger partial charge in [0.25, 0.3) is 21.5 Å². The molecule has 2 amide bonds. The molecular weight excluding hydrogens is 637 g/mol. The normalized spacial score (nSPS) is 21.3. The van der Waals surface area contributed by atoms with E-state index < -0.39 is 38.5 Å². The van der Waals surface area contributed by atoms with Crippen LogP contribution in [-0.4, -0.2) is 99.1 Å². The third-order valence-corrected chi connectivity index (χ3v) is 10.9. The van der Waals surface area contributed by atoms with Crippen LogP contribution < -0.4 is 9.04 Å². The number of rotatable bonds is 7. The van der Waals surface area contributed by atoms with E-state index in [9.17, 15) is 18.0 Å². The fourth-order valence-electron chi connectivity index (χ4n) is 6.44. The lowest BCUT2D eigenvalue weighted by Crippen LogP contribution is -2.55. The summed E-state index contributed by atoms with van der Waals surface area (Å²) in [5.41, 5.74) is -2.98. The summed E-state index contributed by atoms with van der Waals surface area (Å²) in [5.74, 6) is -2.15. The van der Waals surface area contributed by atoms with Crippen LogP contribution in [0, 0.1) is 5.82 Å². The Balaban J connectivity index is 1.43. The summed E-state index contributed by atoms with van der Waals surface area (Å²) >= 11 is 6.17. The van der Waals surface area contributed by atoms with Gasteiger partial charge in [0.15, 0.2) is 0 Å². The fourth-order valence-corrected chi connectivity index (χ4v) is 8.07. The molecule has 0 radical (unpaired) electrons.